The lowest BCUT2D eigenvalue weighted by Gasteiger charge is -2.21. The van der Waals surface area contributed by atoms with Gasteiger partial charge < -0.3 is 27.8 Å². The minimum absolute atomic E-state index is 0.0412. The standard InChI is InChI=1S/C32H36F3N7O2/c33-32(34,35)24-9-5-22(6-10-24)18-29(31(44)40-25-19-23-3-1-2-4-28(23)39-20-25)41-30(43)27(38)17-21-7-11-26(12-8-21)42(15-13-36)16-14-37/h1-12,19-20,27,29H,13-18,36-38H2,(H,40,44)(H,41,43)/p+3/t27-,29-/m0/s1. The summed E-state index contributed by atoms with van der Waals surface area (Å²) in [4.78, 5) is 31.0. The van der Waals surface area contributed by atoms with Crippen molar-refractivity contribution in [1.29, 1.82) is 0 Å². The van der Waals surface area contributed by atoms with E-state index in [1.165, 1.54) is 17.0 Å². The summed E-state index contributed by atoms with van der Waals surface area (Å²) in [5, 5.41) is 6.38. The van der Waals surface area contributed by atoms with Gasteiger partial charge in [0.1, 0.15) is 30.5 Å². The first-order valence-corrected chi connectivity index (χ1v) is 14.4. The van der Waals surface area contributed by atoms with Gasteiger partial charge in [0, 0.05) is 24.4 Å². The third-order valence-electron chi connectivity index (χ3n) is 7.36. The van der Waals surface area contributed by atoms with Crippen molar-refractivity contribution >= 4 is 34.1 Å². The zero-order valence-corrected chi connectivity index (χ0v) is 24.3. The Bertz CT molecular complexity index is 1540. The van der Waals surface area contributed by atoms with E-state index in [0.717, 1.165) is 53.9 Å². The number of fused-ring (bicyclic) bond motifs is 1. The second-order valence-electron chi connectivity index (χ2n) is 10.7. The lowest BCUT2D eigenvalue weighted by molar-refractivity contribution is -0.838. The molecule has 0 spiro atoms. The molecule has 0 bridgehead atoms. The van der Waals surface area contributed by atoms with Crippen molar-refractivity contribution in [3.05, 3.63) is 102 Å². The zero-order valence-electron chi connectivity index (χ0n) is 24.3. The van der Waals surface area contributed by atoms with Crippen molar-refractivity contribution < 1.29 is 38.4 Å². The molecule has 12 heteroatoms. The molecule has 3 atom stereocenters. The Hall–Kier alpha value is -4.36. The number of carbonyl (C=O) groups excluding carboxylic acids is 2. The Morgan fingerprint density at radius 3 is 2.23 bits per heavy atom. The molecule has 1 unspecified atom stereocenters. The van der Waals surface area contributed by atoms with Crippen molar-refractivity contribution in [2.45, 2.75) is 31.1 Å². The van der Waals surface area contributed by atoms with Crippen LogP contribution in [0.25, 0.3) is 10.9 Å². The van der Waals surface area contributed by atoms with Crippen molar-refractivity contribution in [2.24, 2.45) is 11.5 Å². The molecule has 11 N–H and O–H groups in total. The summed E-state index contributed by atoms with van der Waals surface area (Å²) in [6.45, 7) is 2.93. The second-order valence-corrected chi connectivity index (χ2v) is 10.7. The molecule has 0 aliphatic carbocycles. The highest BCUT2D eigenvalue weighted by atomic mass is 19.4. The van der Waals surface area contributed by atoms with Crippen LogP contribution in [0.1, 0.15) is 16.7 Å². The lowest BCUT2D eigenvalue weighted by Crippen LogP contribution is -3.09. The number of halogens is 3. The van der Waals surface area contributed by atoms with Gasteiger partial charge in [-0.05, 0) is 53.9 Å². The molecule has 232 valence electrons. The Morgan fingerprint density at radius 1 is 0.909 bits per heavy atom. The number of para-hydroxylation sites is 1. The molecule has 3 aromatic carbocycles. The number of carbonyl (C=O) groups is 2. The van der Waals surface area contributed by atoms with Crippen LogP contribution in [0.4, 0.5) is 24.5 Å². The lowest BCUT2D eigenvalue weighted by atomic mass is 10.0. The summed E-state index contributed by atoms with van der Waals surface area (Å²) in [5.74, 6) is -1.09. The predicted octanol–water partition coefficient (Wildman–Crippen LogP) is 0.626. The minimum atomic E-state index is -4.49. The number of alkyl halides is 3. The number of hydrogen-bond acceptors (Lipinski definition) is 4. The molecule has 9 nitrogen and oxygen atoms in total. The van der Waals surface area contributed by atoms with Crippen LogP contribution in [0.3, 0.4) is 0 Å². The minimum Gasteiger partial charge on any atom is -0.353 e. The molecule has 2 amide bonds. The summed E-state index contributed by atoms with van der Waals surface area (Å²) in [6.07, 6.45) is -2.68. The molecule has 0 radical (unpaired) electrons. The zero-order chi connectivity index (χ0) is 31.7. The van der Waals surface area contributed by atoms with E-state index >= 15 is 0 Å². The third kappa shape index (κ3) is 8.83. The number of nitrogens with two attached hydrogens (primary N) is 2. The number of aromatic amines is 1. The Labute approximate surface area is 253 Å². The predicted molar refractivity (Wildman–Crippen MR) is 161 cm³/mol. The van der Waals surface area contributed by atoms with E-state index in [-0.39, 0.29) is 12.8 Å². The maximum atomic E-state index is 13.4. The van der Waals surface area contributed by atoms with Gasteiger partial charge in [-0.2, -0.15) is 13.2 Å². The molecule has 44 heavy (non-hydrogen) atoms. The number of anilines is 1. The van der Waals surface area contributed by atoms with Gasteiger partial charge in [-0.1, -0.05) is 36.4 Å². The molecule has 0 saturated heterocycles. The fourth-order valence-electron chi connectivity index (χ4n) is 5.00. The summed E-state index contributed by atoms with van der Waals surface area (Å²) in [7, 11) is 0. The topological polar surface area (TPSA) is 156 Å². The van der Waals surface area contributed by atoms with E-state index in [1.807, 2.05) is 48.5 Å². The van der Waals surface area contributed by atoms with Crippen LogP contribution in [0.2, 0.25) is 0 Å². The monoisotopic (exact) mass is 610 g/mol. The van der Waals surface area contributed by atoms with E-state index in [4.69, 9.17) is 11.5 Å². The maximum absolute atomic E-state index is 13.4. The SMILES string of the molecule is NCC[NH+](CC[NH3+])c1ccc(C[C@H](N)C(=O)N[C@@H](Cc2ccc(C(F)(F)F)cc2)C(=O)Nc2c[nH+]c3ccccc3c2)cc1. The van der Waals surface area contributed by atoms with Crippen LogP contribution >= 0.6 is 0 Å². The average molecular weight is 611 g/mol. The van der Waals surface area contributed by atoms with E-state index in [9.17, 15) is 22.8 Å². The van der Waals surface area contributed by atoms with Crippen LogP contribution in [0.5, 0.6) is 0 Å². The smallest absolute Gasteiger partial charge is 0.353 e. The molecule has 4 rings (SSSR count). The van der Waals surface area contributed by atoms with Crippen molar-refractivity contribution in [3.63, 3.8) is 0 Å². The molecule has 1 aromatic heterocycles. The van der Waals surface area contributed by atoms with Gasteiger partial charge in [0.25, 0.3) is 0 Å². The first-order chi connectivity index (χ1) is 21.1. The van der Waals surface area contributed by atoms with Gasteiger partial charge in [-0.15, -0.1) is 0 Å². The summed E-state index contributed by atoms with van der Waals surface area (Å²) in [6, 6.07) is 19.5. The summed E-state index contributed by atoms with van der Waals surface area (Å²) < 4.78 is 39.3. The van der Waals surface area contributed by atoms with Gasteiger partial charge >= 0.3 is 6.18 Å². The summed E-state index contributed by atoms with van der Waals surface area (Å²) >= 11 is 0. The number of quaternary nitrogens is 2. The van der Waals surface area contributed by atoms with Crippen molar-refractivity contribution in [3.8, 4) is 0 Å². The largest absolute Gasteiger partial charge is 0.416 e. The van der Waals surface area contributed by atoms with Crippen LogP contribution in [-0.2, 0) is 28.6 Å². The third-order valence-corrected chi connectivity index (χ3v) is 7.36. The molecule has 1 heterocycles. The number of rotatable bonds is 13. The van der Waals surface area contributed by atoms with Crippen LogP contribution in [-0.4, -0.2) is 50.1 Å². The first-order valence-electron chi connectivity index (χ1n) is 14.4. The fourth-order valence-corrected chi connectivity index (χ4v) is 5.00. The van der Waals surface area contributed by atoms with E-state index < -0.39 is 35.6 Å². The molecular formula is C32H39F3N7O2+3. The Balaban J connectivity index is 1.48. The van der Waals surface area contributed by atoms with E-state index in [2.05, 4.69) is 21.4 Å². The molecule has 4 aromatic rings. The number of pyridine rings is 1. The number of nitrogens with one attached hydrogen (secondary N) is 4. The number of aromatic nitrogens is 1. The van der Waals surface area contributed by atoms with Crippen LogP contribution in [0, 0.1) is 0 Å². The highest BCUT2D eigenvalue weighted by Gasteiger charge is 2.30. The quantitative estimate of drug-likeness (QED) is 0.131. The van der Waals surface area contributed by atoms with Crippen molar-refractivity contribution in [1.82, 2.24) is 5.32 Å². The van der Waals surface area contributed by atoms with Gasteiger partial charge in [0.15, 0.2) is 6.20 Å². The molecule has 0 aliphatic heterocycles. The number of hydrogen-bond donors (Lipinski definition) is 6. The summed E-state index contributed by atoms with van der Waals surface area (Å²) in [5.41, 5.74) is 18.8. The number of H-pyrrole nitrogens is 1. The van der Waals surface area contributed by atoms with Crippen LogP contribution in [0.15, 0.2) is 85.1 Å². The number of benzene rings is 3. The average Bonchev–Trinajstić information content (AvgIpc) is 3.00. The van der Waals surface area contributed by atoms with Crippen molar-refractivity contribution in [2.75, 3.05) is 31.5 Å². The number of amides is 2. The van der Waals surface area contributed by atoms with E-state index in [1.54, 1.807) is 12.3 Å². The first kappa shape index (κ1) is 32.6. The van der Waals surface area contributed by atoms with Crippen LogP contribution < -0.4 is 37.7 Å². The van der Waals surface area contributed by atoms with Gasteiger partial charge in [0.2, 0.25) is 17.3 Å². The highest BCUT2D eigenvalue weighted by molar-refractivity contribution is 5.98. The Kier molecular flexibility index (Phi) is 11.0. The molecule has 0 aliphatic rings. The van der Waals surface area contributed by atoms with Gasteiger partial charge in [-0.3, -0.25) is 14.5 Å². The van der Waals surface area contributed by atoms with Gasteiger partial charge in [-0.25, -0.2) is 4.98 Å². The second kappa shape index (κ2) is 14.9. The van der Waals surface area contributed by atoms with Gasteiger partial charge in [0.05, 0.1) is 18.2 Å². The molecule has 0 fully saturated rings. The molecule has 0 saturated carbocycles. The normalized spacial score (nSPS) is 13.7. The molecular weight excluding hydrogens is 571 g/mol. The Morgan fingerprint density at radius 2 is 1.57 bits per heavy atom. The maximum Gasteiger partial charge on any atom is 0.416 e. The fraction of sp³-hybridized carbons (Fsp3) is 0.281. The van der Waals surface area contributed by atoms with E-state index in [0.29, 0.717) is 17.8 Å². The highest BCUT2D eigenvalue weighted by Crippen LogP contribution is 2.29.